The van der Waals surface area contributed by atoms with Crippen LogP contribution in [0, 0.1) is 5.92 Å². The lowest BCUT2D eigenvalue weighted by molar-refractivity contribution is 0.259. The highest BCUT2D eigenvalue weighted by Gasteiger charge is 2.42. The van der Waals surface area contributed by atoms with E-state index in [0.29, 0.717) is 6.04 Å². The lowest BCUT2D eigenvalue weighted by Gasteiger charge is -2.21. The van der Waals surface area contributed by atoms with E-state index >= 15 is 0 Å². The van der Waals surface area contributed by atoms with Crippen LogP contribution in [0.5, 0.6) is 0 Å². The Morgan fingerprint density at radius 3 is 2.44 bits per heavy atom. The zero-order valence-electron chi connectivity index (χ0n) is 5.88. The molecule has 1 aliphatic heterocycles. The molecule has 1 saturated carbocycles. The van der Waals surface area contributed by atoms with E-state index in [1.165, 1.54) is 19.4 Å². The minimum atomic E-state index is 0.495. The number of likely N-dealkylation sites (N-methyl/N-ethyl adjacent to an activating group) is 1. The Morgan fingerprint density at radius 2 is 2.22 bits per heavy atom. The molecule has 2 nitrogen and oxygen atoms in total. The van der Waals surface area contributed by atoms with Crippen molar-refractivity contribution in [2.45, 2.75) is 24.9 Å². The van der Waals surface area contributed by atoms with E-state index in [1.54, 1.807) is 0 Å². The molecule has 0 aromatic heterocycles. The quantitative estimate of drug-likeness (QED) is 0.496. The van der Waals surface area contributed by atoms with E-state index < -0.39 is 0 Å². The smallest absolute Gasteiger partial charge is 0.0247 e. The third-order valence-electron chi connectivity index (χ3n) is 2.91. The van der Waals surface area contributed by atoms with Gasteiger partial charge in [-0.1, -0.05) is 0 Å². The summed E-state index contributed by atoms with van der Waals surface area (Å²) < 4.78 is 0. The van der Waals surface area contributed by atoms with Gasteiger partial charge in [-0.15, -0.1) is 0 Å². The first-order chi connectivity index (χ1) is 4.29. The van der Waals surface area contributed by atoms with Gasteiger partial charge in [0.25, 0.3) is 0 Å². The Bertz CT molecular complexity index is 124. The summed E-state index contributed by atoms with van der Waals surface area (Å²) in [6.45, 7) is 1.24. The number of nitrogens with zero attached hydrogens (tertiary/aromatic N) is 1. The van der Waals surface area contributed by atoms with Crippen LogP contribution in [0.25, 0.3) is 0 Å². The van der Waals surface area contributed by atoms with Crippen LogP contribution >= 0.6 is 0 Å². The molecule has 2 bridgehead atoms. The molecule has 1 aliphatic carbocycles. The fourth-order valence-electron chi connectivity index (χ4n) is 2.32. The van der Waals surface area contributed by atoms with Gasteiger partial charge in [0.1, 0.15) is 0 Å². The van der Waals surface area contributed by atoms with Crippen molar-refractivity contribution in [2.75, 3.05) is 13.6 Å². The van der Waals surface area contributed by atoms with Crippen LogP contribution in [0.4, 0.5) is 0 Å². The minimum Gasteiger partial charge on any atom is -0.326 e. The first kappa shape index (κ1) is 5.69. The van der Waals surface area contributed by atoms with E-state index in [4.69, 9.17) is 5.73 Å². The molecule has 0 spiro atoms. The van der Waals surface area contributed by atoms with Gasteiger partial charge < -0.3 is 10.6 Å². The maximum absolute atomic E-state index is 5.93. The molecule has 0 amide bonds. The molecule has 2 fully saturated rings. The molecule has 1 heterocycles. The summed E-state index contributed by atoms with van der Waals surface area (Å²) >= 11 is 0. The van der Waals surface area contributed by atoms with E-state index in [-0.39, 0.29) is 0 Å². The Labute approximate surface area is 56.0 Å². The van der Waals surface area contributed by atoms with Gasteiger partial charge in [0, 0.05) is 18.6 Å². The van der Waals surface area contributed by atoms with Gasteiger partial charge in [0.05, 0.1) is 0 Å². The Hall–Kier alpha value is -0.0800. The predicted octanol–water partition coefficient (Wildman–Crippen LogP) is 0.0377. The molecule has 2 unspecified atom stereocenters. The van der Waals surface area contributed by atoms with Crippen LogP contribution in [0.1, 0.15) is 12.8 Å². The molecule has 2 rings (SSSR count). The Morgan fingerprint density at radius 1 is 1.44 bits per heavy atom. The molecule has 52 valence electrons. The first-order valence-corrected chi connectivity index (χ1v) is 3.75. The van der Waals surface area contributed by atoms with Gasteiger partial charge >= 0.3 is 0 Å². The highest BCUT2D eigenvalue weighted by molar-refractivity contribution is 5.00. The van der Waals surface area contributed by atoms with Crippen molar-refractivity contribution >= 4 is 0 Å². The van der Waals surface area contributed by atoms with Crippen LogP contribution in [-0.4, -0.2) is 30.6 Å². The SMILES string of the molecule is CN1CC2CCC1[C@@H]2N. The number of hydrogen-bond donors (Lipinski definition) is 1. The number of rotatable bonds is 0. The zero-order valence-corrected chi connectivity index (χ0v) is 5.88. The zero-order chi connectivity index (χ0) is 6.43. The third kappa shape index (κ3) is 0.634. The Balaban J connectivity index is 2.16. The molecule has 9 heavy (non-hydrogen) atoms. The van der Waals surface area contributed by atoms with Crippen molar-refractivity contribution in [3.63, 3.8) is 0 Å². The van der Waals surface area contributed by atoms with Gasteiger partial charge in [-0.2, -0.15) is 0 Å². The van der Waals surface area contributed by atoms with Gasteiger partial charge in [-0.05, 0) is 25.8 Å². The normalized spacial score (nSPS) is 50.7. The molecule has 0 radical (unpaired) electrons. The molecule has 2 aliphatic rings. The van der Waals surface area contributed by atoms with Crippen molar-refractivity contribution in [3.8, 4) is 0 Å². The standard InChI is InChI=1S/C7H14N2/c1-9-4-5-2-3-6(9)7(5)8/h5-7H,2-4,8H2,1H3/t5?,6?,7-/m1/s1. The summed E-state index contributed by atoms with van der Waals surface area (Å²) in [5.41, 5.74) is 5.93. The monoisotopic (exact) mass is 126 g/mol. The van der Waals surface area contributed by atoms with Gasteiger partial charge in [-0.3, -0.25) is 0 Å². The highest BCUT2D eigenvalue weighted by Crippen LogP contribution is 2.35. The van der Waals surface area contributed by atoms with E-state index in [9.17, 15) is 0 Å². The molecule has 1 saturated heterocycles. The van der Waals surface area contributed by atoms with Crippen molar-refractivity contribution < 1.29 is 0 Å². The van der Waals surface area contributed by atoms with Crippen molar-refractivity contribution in [1.82, 2.24) is 4.90 Å². The lowest BCUT2D eigenvalue weighted by atomic mass is 10.1. The summed E-state index contributed by atoms with van der Waals surface area (Å²) in [5.74, 6) is 0.819. The third-order valence-corrected chi connectivity index (χ3v) is 2.91. The predicted molar refractivity (Wildman–Crippen MR) is 37.1 cm³/mol. The summed E-state index contributed by atoms with van der Waals surface area (Å²) in [5, 5.41) is 0. The number of nitrogens with two attached hydrogens (primary N) is 1. The number of piperidine rings is 1. The second-order valence-electron chi connectivity index (χ2n) is 3.42. The average molecular weight is 126 g/mol. The highest BCUT2D eigenvalue weighted by atomic mass is 15.2. The molecular formula is C7H14N2. The number of fused-ring (bicyclic) bond motifs is 2. The second kappa shape index (κ2) is 1.70. The summed E-state index contributed by atoms with van der Waals surface area (Å²) in [7, 11) is 2.18. The van der Waals surface area contributed by atoms with Gasteiger partial charge in [0.15, 0.2) is 0 Å². The number of hydrogen-bond acceptors (Lipinski definition) is 2. The lowest BCUT2D eigenvalue weighted by Crippen LogP contribution is -2.34. The molecule has 2 heteroatoms. The van der Waals surface area contributed by atoms with Crippen LogP contribution in [-0.2, 0) is 0 Å². The van der Waals surface area contributed by atoms with Gasteiger partial charge in [0.2, 0.25) is 0 Å². The largest absolute Gasteiger partial charge is 0.326 e. The van der Waals surface area contributed by atoms with E-state index in [2.05, 4.69) is 11.9 Å². The second-order valence-corrected chi connectivity index (χ2v) is 3.42. The fourth-order valence-corrected chi connectivity index (χ4v) is 2.32. The maximum atomic E-state index is 5.93. The molecule has 0 aromatic carbocycles. The van der Waals surface area contributed by atoms with E-state index in [1.807, 2.05) is 0 Å². The molecular weight excluding hydrogens is 112 g/mol. The molecule has 2 N–H and O–H groups in total. The van der Waals surface area contributed by atoms with E-state index in [0.717, 1.165) is 12.0 Å². The fraction of sp³-hybridized carbons (Fsp3) is 1.00. The maximum Gasteiger partial charge on any atom is 0.0247 e. The first-order valence-electron chi connectivity index (χ1n) is 3.75. The van der Waals surface area contributed by atoms with Crippen molar-refractivity contribution in [1.29, 1.82) is 0 Å². The van der Waals surface area contributed by atoms with Crippen LogP contribution < -0.4 is 5.73 Å². The summed E-state index contributed by atoms with van der Waals surface area (Å²) in [6, 6.07) is 1.21. The average Bonchev–Trinajstić information content (AvgIpc) is 2.25. The Kier molecular flexibility index (Phi) is 1.08. The van der Waals surface area contributed by atoms with Crippen LogP contribution in [0.3, 0.4) is 0 Å². The number of likely N-dealkylation sites (tertiary alicyclic amines) is 1. The van der Waals surface area contributed by atoms with Crippen LogP contribution in [0.15, 0.2) is 0 Å². The summed E-state index contributed by atoms with van der Waals surface area (Å²) in [6.07, 6.45) is 2.71. The molecule has 0 aromatic rings. The minimum absolute atomic E-state index is 0.495. The van der Waals surface area contributed by atoms with Crippen molar-refractivity contribution in [2.24, 2.45) is 11.7 Å². The summed E-state index contributed by atoms with van der Waals surface area (Å²) in [4.78, 5) is 2.40. The van der Waals surface area contributed by atoms with Gasteiger partial charge in [-0.25, -0.2) is 0 Å². The van der Waals surface area contributed by atoms with Crippen LogP contribution in [0.2, 0.25) is 0 Å². The topological polar surface area (TPSA) is 29.3 Å². The molecule has 3 atom stereocenters. The van der Waals surface area contributed by atoms with Crippen molar-refractivity contribution in [3.05, 3.63) is 0 Å².